The topological polar surface area (TPSA) is 57.7 Å². The minimum Gasteiger partial charge on any atom is -0.383 e. The Labute approximate surface area is 152 Å². The van der Waals surface area contributed by atoms with Gasteiger partial charge in [-0.25, -0.2) is 9.37 Å². The molecule has 3 rings (SSSR count). The average Bonchev–Trinajstić information content (AvgIpc) is 2.69. The van der Waals surface area contributed by atoms with Crippen molar-refractivity contribution in [3.8, 4) is 0 Å². The summed E-state index contributed by atoms with van der Waals surface area (Å²) >= 11 is 0. The van der Waals surface area contributed by atoms with Crippen molar-refractivity contribution in [1.82, 2.24) is 9.88 Å². The number of anilines is 2. The van der Waals surface area contributed by atoms with Gasteiger partial charge in [-0.3, -0.25) is 4.79 Å². The number of carbonyl (C=O) groups excluding carboxylic acids is 1. The standard InChI is InChI=1S/C19H23FN4O2/c1-26-13-8-22-18-14-15(6-7-21-18)19(25)24-11-9-23(10-12-24)17-4-2-16(20)3-5-17/h2-7,14H,8-13H2,1H3,(H,21,22). The van der Waals surface area contributed by atoms with Gasteiger partial charge in [-0.1, -0.05) is 0 Å². The summed E-state index contributed by atoms with van der Waals surface area (Å²) in [7, 11) is 1.64. The second-order valence-corrected chi connectivity index (χ2v) is 6.10. The maximum atomic E-state index is 13.1. The fourth-order valence-corrected chi connectivity index (χ4v) is 2.94. The van der Waals surface area contributed by atoms with Crippen LogP contribution in [-0.2, 0) is 4.74 Å². The molecule has 2 aromatic rings. The van der Waals surface area contributed by atoms with Gasteiger partial charge < -0.3 is 19.9 Å². The van der Waals surface area contributed by atoms with Crippen molar-refractivity contribution in [3.63, 3.8) is 0 Å². The predicted molar refractivity (Wildman–Crippen MR) is 99.1 cm³/mol. The summed E-state index contributed by atoms with van der Waals surface area (Å²) in [6.07, 6.45) is 1.64. The van der Waals surface area contributed by atoms with Gasteiger partial charge in [-0.2, -0.15) is 0 Å². The fraction of sp³-hybridized carbons (Fsp3) is 0.368. The maximum Gasteiger partial charge on any atom is 0.254 e. The molecule has 2 heterocycles. The number of hydrogen-bond acceptors (Lipinski definition) is 5. The number of hydrogen-bond donors (Lipinski definition) is 1. The van der Waals surface area contributed by atoms with Crippen molar-refractivity contribution < 1.29 is 13.9 Å². The molecule has 0 atom stereocenters. The fourth-order valence-electron chi connectivity index (χ4n) is 2.94. The number of rotatable bonds is 6. The Morgan fingerprint density at radius 3 is 2.62 bits per heavy atom. The summed E-state index contributed by atoms with van der Waals surface area (Å²) in [5.41, 5.74) is 1.60. The molecule has 1 aromatic carbocycles. The number of piperazine rings is 1. The minimum atomic E-state index is -0.241. The third-order valence-corrected chi connectivity index (χ3v) is 4.38. The molecule has 1 fully saturated rings. The Balaban J connectivity index is 1.58. The van der Waals surface area contributed by atoms with E-state index in [9.17, 15) is 9.18 Å². The third kappa shape index (κ3) is 4.49. The predicted octanol–water partition coefficient (Wildman–Crippen LogP) is 2.24. The van der Waals surface area contributed by atoms with E-state index in [4.69, 9.17) is 4.74 Å². The van der Waals surface area contributed by atoms with Gasteiger partial charge in [0.05, 0.1) is 6.61 Å². The zero-order chi connectivity index (χ0) is 18.4. The lowest BCUT2D eigenvalue weighted by atomic mass is 10.2. The van der Waals surface area contributed by atoms with Crippen LogP contribution in [0.15, 0.2) is 42.6 Å². The molecule has 138 valence electrons. The molecule has 1 N–H and O–H groups in total. The molecular formula is C19H23FN4O2. The molecule has 0 aliphatic carbocycles. The summed E-state index contributed by atoms with van der Waals surface area (Å²) in [6, 6.07) is 9.96. The van der Waals surface area contributed by atoms with Gasteiger partial charge in [-0.05, 0) is 36.4 Å². The number of benzene rings is 1. The number of ether oxygens (including phenoxy) is 1. The van der Waals surface area contributed by atoms with Crippen LogP contribution in [0, 0.1) is 5.82 Å². The zero-order valence-electron chi connectivity index (χ0n) is 14.8. The molecule has 7 heteroatoms. The first-order valence-electron chi connectivity index (χ1n) is 8.66. The number of methoxy groups -OCH3 is 1. The SMILES string of the molecule is COCCNc1cc(C(=O)N2CCN(c3ccc(F)cc3)CC2)ccn1. The molecule has 1 aliphatic rings. The molecule has 0 spiro atoms. The number of carbonyl (C=O) groups is 1. The van der Waals surface area contributed by atoms with Crippen molar-refractivity contribution in [3.05, 3.63) is 54.0 Å². The molecule has 0 unspecified atom stereocenters. The quantitative estimate of drug-likeness (QED) is 0.803. The number of pyridine rings is 1. The molecule has 6 nitrogen and oxygen atoms in total. The van der Waals surface area contributed by atoms with Crippen molar-refractivity contribution >= 4 is 17.4 Å². The number of nitrogens with zero attached hydrogens (tertiary/aromatic N) is 3. The summed E-state index contributed by atoms with van der Waals surface area (Å²) in [5, 5.41) is 3.13. The minimum absolute atomic E-state index is 0.000877. The Morgan fingerprint density at radius 1 is 1.19 bits per heavy atom. The van der Waals surface area contributed by atoms with Gasteiger partial charge >= 0.3 is 0 Å². The van der Waals surface area contributed by atoms with Crippen molar-refractivity contribution in [2.75, 3.05) is 56.7 Å². The Kier molecular flexibility index (Phi) is 6.01. The molecular weight excluding hydrogens is 335 g/mol. The van der Waals surface area contributed by atoms with E-state index in [1.807, 2.05) is 4.90 Å². The van der Waals surface area contributed by atoms with Crippen molar-refractivity contribution in [2.45, 2.75) is 0 Å². The van der Waals surface area contributed by atoms with Crippen molar-refractivity contribution in [2.24, 2.45) is 0 Å². The molecule has 1 aliphatic heterocycles. The smallest absolute Gasteiger partial charge is 0.254 e. The number of amides is 1. The maximum absolute atomic E-state index is 13.1. The van der Waals surface area contributed by atoms with E-state index in [0.717, 1.165) is 18.8 Å². The van der Waals surface area contributed by atoms with Crippen LogP contribution in [0.25, 0.3) is 0 Å². The Morgan fingerprint density at radius 2 is 1.92 bits per heavy atom. The monoisotopic (exact) mass is 358 g/mol. The molecule has 0 radical (unpaired) electrons. The highest BCUT2D eigenvalue weighted by molar-refractivity contribution is 5.95. The Bertz CT molecular complexity index is 731. The lowest BCUT2D eigenvalue weighted by molar-refractivity contribution is 0.0746. The highest BCUT2D eigenvalue weighted by Crippen LogP contribution is 2.18. The van der Waals surface area contributed by atoms with E-state index in [1.54, 1.807) is 37.6 Å². The van der Waals surface area contributed by atoms with Crippen molar-refractivity contribution in [1.29, 1.82) is 0 Å². The summed E-state index contributed by atoms with van der Waals surface area (Å²) < 4.78 is 18.0. The normalized spacial score (nSPS) is 14.4. The molecule has 26 heavy (non-hydrogen) atoms. The van der Waals surface area contributed by atoms with E-state index >= 15 is 0 Å². The molecule has 0 saturated carbocycles. The third-order valence-electron chi connectivity index (χ3n) is 4.38. The average molecular weight is 358 g/mol. The first kappa shape index (κ1) is 18.1. The van der Waals surface area contributed by atoms with Crippen LogP contribution in [0.2, 0.25) is 0 Å². The molecule has 1 amide bonds. The van der Waals surface area contributed by atoms with Gasteiger partial charge in [0.2, 0.25) is 0 Å². The van der Waals surface area contributed by atoms with Crippen LogP contribution >= 0.6 is 0 Å². The van der Waals surface area contributed by atoms with Crippen LogP contribution in [0.4, 0.5) is 15.9 Å². The van der Waals surface area contributed by atoms with E-state index in [2.05, 4.69) is 15.2 Å². The van der Waals surface area contributed by atoms with Crippen LogP contribution in [0.1, 0.15) is 10.4 Å². The van der Waals surface area contributed by atoms with E-state index in [1.165, 1.54) is 12.1 Å². The van der Waals surface area contributed by atoms with Crippen LogP contribution in [0.5, 0.6) is 0 Å². The lowest BCUT2D eigenvalue weighted by Crippen LogP contribution is -2.48. The lowest BCUT2D eigenvalue weighted by Gasteiger charge is -2.36. The number of halogens is 1. The first-order valence-corrected chi connectivity index (χ1v) is 8.66. The van der Waals surface area contributed by atoms with Gasteiger partial charge in [0.25, 0.3) is 5.91 Å². The number of aromatic nitrogens is 1. The zero-order valence-corrected chi connectivity index (χ0v) is 14.8. The van der Waals surface area contributed by atoms with Crippen LogP contribution in [-0.4, -0.2) is 62.2 Å². The first-order chi connectivity index (χ1) is 12.7. The highest BCUT2D eigenvalue weighted by Gasteiger charge is 2.22. The van der Waals surface area contributed by atoms with Gasteiger partial charge in [0, 0.05) is 57.3 Å². The Hall–Kier alpha value is -2.67. The second-order valence-electron chi connectivity index (χ2n) is 6.10. The molecule has 0 bridgehead atoms. The van der Waals surface area contributed by atoms with Crippen LogP contribution in [0.3, 0.4) is 0 Å². The largest absolute Gasteiger partial charge is 0.383 e. The molecule has 1 aromatic heterocycles. The highest BCUT2D eigenvalue weighted by atomic mass is 19.1. The van der Waals surface area contributed by atoms with Crippen LogP contribution < -0.4 is 10.2 Å². The second kappa shape index (κ2) is 8.62. The van der Waals surface area contributed by atoms with E-state index < -0.39 is 0 Å². The van der Waals surface area contributed by atoms with E-state index in [0.29, 0.717) is 37.6 Å². The summed E-state index contributed by atoms with van der Waals surface area (Å²) in [6.45, 7) is 3.92. The summed E-state index contributed by atoms with van der Waals surface area (Å²) in [5.74, 6) is 0.425. The number of nitrogens with one attached hydrogen (secondary N) is 1. The van der Waals surface area contributed by atoms with Gasteiger partial charge in [0.15, 0.2) is 0 Å². The van der Waals surface area contributed by atoms with E-state index in [-0.39, 0.29) is 11.7 Å². The van der Waals surface area contributed by atoms with Gasteiger partial charge in [-0.15, -0.1) is 0 Å². The summed E-state index contributed by atoms with van der Waals surface area (Å²) in [4.78, 5) is 21.0. The molecule has 1 saturated heterocycles. The van der Waals surface area contributed by atoms with Gasteiger partial charge in [0.1, 0.15) is 11.6 Å².